The first-order valence-electron chi connectivity index (χ1n) is 7.09. The number of nitrogens with zero attached hydrogens (tertiary/aromatic N) is 2. The highest BCUT2D eigenvalue weighted by Gasteiger charge is 2.12. The van der Waals surface area contributed by atoms with Gasteiger partial charge in [-0.25, -0.2) is 9.97 Å². The second-order valence-corrected chi connectivity index (χ2v) is 5.20. The number of ether oxygens (including phenoxy) is 1. The van der Waals surface area contributed by atoms with Crippen molar-refractivity contribution in [3.63, 3.8) is 0 Å². The SMILES string of the molecule is COc1cccc(CCNc2ncnc(N)c2C(C)C)c1. The molecule has 5 nitrogen and oxygen atoms in total. The Labute approximate surface area is 125 Å². The van der Waals surface area contributed by atoms with Crippen LogP contribution in [-0.2, 0) is 6.42 Å². The van der Waals surface area contributed by atoms with Crippen LogP contribution in [0.2, 0.25) is 0 Å². The van der Waals surface area contributed by atoms with Gasteiger partial charge in [0.2, 0.25) is 0 Å². The Bertz CT molecular complexity index is 599. The maximum absolute atomic E-state index is 5.94. The summed E-state index contributed by atoms with van der Waals surface area (Å²) in [5, 5.41) is 3.35. The number of nitrogen functional groups attached to an aromatic ring is 1. The quantitative estimate of drug-likeness (QED) is 0.854. The average molecular weight is 286 g/mol. The van der Waals surface area contributed by atoms with Crippen molar-refractivity contribution in [3.05, 3.63) is 41.7 Å². The smallest absolute Gasteiger partial charge is 0.134 e. The van der Waals surface area contributed by atoms with Gasteiger partial charge in [-0.2, -0.15) is 0 Å². The number of rotatable bonds is 6. The van der Waals surface area contributed by atoms with Gasteiger partial charge in [0.25, 0.3) is 0 Å². The number of benzene rings is 1. The molecule has 3 N–H and O–H groups in total. The zero-order valence-electron chi connectivity index (χ0n) is 12.8. The normalized spacial score (nSPS) is 10.7. The molecule has 5 heteroatoms. The summed E-state index contributed by atoms with van der Waals surface area (Å²) in [6.45, 7) is 4.95. The molecule has 1 aromatic carbocycles. The summed E-state index contributed by atoms with van der Waals surface area (Å²) in [4.78, 5) is 8.36. The molecule has 112 valence electrons. The van der Waals surface area contributed by atoms with Crippen molar-refractivity contribution in [3.8, 4) is 5.75 Å². The summed E-state index contributed by atoms with van der Waals surface area (Å²) in [6.07, 6.45) is 2.38. The van der Waals surface area contributed by atoms with Crippen molar-refractivity contribution >= 4 is 11.6 Å². The van der Waals surface area contributed by atoms with E-state index in [1.54, 1.807) is 7.11 Å². The van der Waals surface area contributed by atoms with Crippen LogP contribution >= 0.6 is 0 Å². The van der Waals surface area contributed by atoms with Crippen LogP contribution in [0.4, 0.5) is 11.6 Å². The molecule has 0 amide bonds. The molecule has 0 bridgehead atoms. The maximum Gasteiger partial charge on any atom is 0.134 e. The largest absolute Gasteiger partial charge is 0.497 e. The molecule has 0 radical (unpaired) electrons. The van der Waals surface area contributed by atoms with Crippen LogP contribution in [0.25, 0.3) is 0 Å². The van der Waals surface area contributed by atoms with Crippen LogP contribution in [0, 0.1) is 0 Å². The van der Waals surface area contributed by atoms with Gasteiger partial charge in [0, 0.05) is 12.1 Å². The Morgan fingerprint density at radius 2 is 2.10 bits per heavy atom. The molecule has 0 spiro atoms. The van der Waals surface area contributed by atoms with Gasteiger partial charge >= 0.3 is 0 Å². The van der Waals surface area contributed by atoms with E-state index in [1.807, 2.05) is 18.2 Å². The minimum absolute atomic E-state index is 0.283. The predicted octanol–water partition coefficient (Wildman–Crippen LogP) is 2.85. The highest BCUT2D eigenvalue weighted by Crippen LogP contribution is 2.26. The van der Waals surface area contributed by atoms with E-state index >= 15 is 0 Å². The fraction of sp³-hybridized carbons (Fsp3) is 0.375. The molecule has 1 aromatic heterocycles. The van der Waals surface area contributed by atoms with Gasteiger partial charge < -0.3 is 15.8 Å². The summed E-state index contributed by atoms with van der Waals surface area (Å²) >= 11 is 0. The zero-order valence-corrected chi connectivity index (χ0v) is 12.8. The molecule has 0 fully saturated rings. The van der Waals surface area contributed by atoms with Crippen molar-refractivity contribution in [1.82, 2.24) is 9.97 Å². The number of methoxy groups -OCH3 is 1. The molecular formula is C16H22N4O. The minimum Gasteiger partial charge on any atom is -0.497 e. The lowest BCUT2D eigenvalue weighted by Crippen LogP contribution is -2.12. The number of anilines is 2. The molecule has 0 aliphatic rings. The fourth-order valence-corrected chi connectivity index (χ4v) is 2.27. The fourth-order valence-electron chi connectivity index (χ4n) is 2.27. The van der Waals surface area contributed by atoms with Crippen molar-refractivity contribution in [1.29, 1.82) is 0 Å². The topological polar surface area (TPSA) is 73.1 Å². The first-order chi connectivity index (χ1) is 10.1. The molecule has 21 heavy (non-hydrogen) atoms. The number of hydrogen-bond acceptors (Lipinski definition) is 5. The van der Waals surface area contributed by atoms with Crippen molar-refractivity contribution in [2.24, 2.45) is 0 Å². The molecule has 0 aliphatic heterocycles. The van der Waals surface area contributed by atoms with E-state index in [0.717, 1.165) is 30.1 Å². The van der Waals surface area contributed by atoms with Gasteiger partial charge in [-0.15, -0.1) is 0 Å². The molecule has 0 atom stereocenters. The van der Waals surface area contributed by atoms with E-state index in [4.69, 9.17) is 10.5 Å². The standard InChI is InChI=1S/C16H22N4O/c1-11(2)14-15(17)19-10-20-16(14)18-8-7-12-5-4-6-13(9-12)21-3/h4-6,9-11H,7-8H2,1-3H3,(H3,17,18,19,20). The van der Waals surface area contributed by atoms with Crippen LogP contribution in [-0.4, -0.2) is 23.6 Å². The molecule has 0 unspecified atom stereocenters. The minimum atomic E-state index is 0.283. The van der Waals surface area contributed by atoms with Crippen LogP contribution in [0.5, 0.6) is 5.75 Å². The monoisotopic (exact) mass is 286 g/mol. The third-order valence-electron chi connectivity index (χ3n) is 3.33. The third-order valence-corrected chi connectivity index (χ3v) is 3.33. The van der Waals surface area contributed by atoms with Gasteiger partial charge in [-0.1, -0.05) is 26.0 Å². The summed E-state index contributed by atoms with van der Waals surface area (Å²) in [5.41, 5.74) is 8.13. The third kappa shape index (κ3) is 3.84. The van der Waals surface area contributed by atoms with Crippen molar-refractivity contribution in [2.45, 2.75) is 26.2 Å². The summed E-state index contributed by atoms with van der Waals surface area (Å²) in [6, 6.07) is 8.07. The van der Waals surface area contributed by atoms with Crippen LogP contribution in [0.15, 0.2) is 30.6 Å². The lowest BCUT2D eigenvalue weighted by molar-refractivity contribution is 0.414. The Balaban J connectivity index is 2.02. The van der Waals surface area contributed by atoms with E-state index in [1.165, 1.54) is 11.9 Å². The van der Waals surface area contributed by atoms with Crippen molar-refractivity contribution in [2.75, 3.05) is 24.7 Å². The zero-order chi connectivity index (χ0) is 15.2. The summed E-state index contributed by atoms with van der Waals surface area (Å²) < 4.78 is 5.23. The number of nitrogens with two attached hydrogens (primary N) is 1. The Morgan fingerprint density at radius 3 is 2.81 bits per heavy atom. The number of nitrogens with one attached hydrogen (secondary N) is 1. The van der Waals surface area contributed by atoms with Crippen LogP contribution < -0.4 is 15.8 Å². The summed E-state index contributed by atoms with van der Waals surface area (Å²) in [7, 11) is 1.68. The number of hydrogen-bond donors (Lipinski definition) is 2. The average Bonchev–Trinajstić information content (AvgIpc) is 2.47. The Kier molecular flexibility index (Phi) is 4.98. The van der Waals surface area contributed by atoms with Gasteiger partial charge in [0.15, 0.2) is 0 Å². The van der Waals surface area contributed by atoms with Gasteiger partial charge in [0.05, 0.1) is 7.11 Å². The highest BCUT2D eigenvalue weighted by molar-refractivity contribution is 5.56. The van der Waals surface area contributed by atoms with Crippen LogP contribution in [0.1, 0.15) is 30.9 Å². The van der Waals surface area contributed by atoms with Gasteiger partial charge in [0.1, 0.15) is 23.7 Å². The second-order valence-electron chi connectivity index (χ2n) is 5.20. The van der Waals surface area contributed by atoms with E-state index < -0.39 is 0 Å². The van der Waals surface area contributed by atoms with Gasteiger partial charge in [-0.05, 0) is 30.0 Å². The van der Waals surface area contributed by atoms with E-state index in [2.05, 4.69) is 35.2 Å². The molecular weight excluding hydrogens is 264 g/mol. The molecule has 0 saturated heterocycles. The Hall–Kier alpha value is -2.30. The molecule has 1 heterocycles. The molecule has 0 aliphatic carbocycles. The molecule has 0 saturated carbocycles. The molecule has 2 aromatic rings. The molecule has 2 rings (SSSR count). The van der Waals surface area contributed by atoms with E-state index in [0.29, 0.717) is 5.82 Å². The van der Waals surface area contributed by atoms with Crippen molar-refractivity contribution < 1.29 is 4.74 Å². The van der Waals surface area contributed by atoms with E-state index in [-0.39, 0.29) is 5.92 Å². The number of aromatic nitrogens is 2. The maximum atomic E-state index is 5.94. The lowest BCUT2D eigenvalue weighted by atomic mass is 10.0. The summed E-state index contributed by atoms with van der Waals surface area (Å²) in [5.74, 6) is 2.52. The lowest BCUT2D eigenvalue weighted by Gasteiger charge is -2.15. The first kappa shape index (κ1) is 15.1. The van der Waals surface area contributed by atoms with Crippen LogP contribution in [0.3, 0.4) is 0 Å². The Morgan fingerprint density at radius 1 is 1.29 bits per heavy atom. The van der Waals surface area contributed by atoms with E-state index in [9.17, 15) is 0 Å². The first-order valence-corrected chi connectivity index (χ1v) is 7.09. The predicted molar refractivity (Wildman–Crippen MR) is 85.7 cm³/mol. The van der Waals surface area contributed by atoms with Gasteiger partial charge in [-0.3, -0.25) is 0 Å². The second kappa shape index (κ2) is 6.92. The highest BCUT2D eigenvalue weighted by atomic mass is 16.5.